The van der Waals surface area contributed by atoms with Gasteiger partial charge in [0, 0.05) is 51.9 Å². The number of aliphatic imine (C=N–C) groups is 1. The third kappa shape index (κ3) is 6.37. The van der Waals surface area contributed by atoms with Crippen LogP contribution in [0.15, 0.2) is 4.99 Å². The summed E-state index contributed by atoms with van der Waals surface area (Å²) in [4.78, 5) is 6.76. The maximum Gasteiger partial charge on any atom is 0.211 e. The Morgan fingerprint density at radius 2 is 1.77 bits per heavy atom. The fourth-order valence-electron chi connectivity index (χ4n) is 3.49. The van der Waals surface area contributed by atoms with E-state index in [-0.39, 0.29) is 5.54 Å². The van der Waals surface area contributed by atoms with Crippen LogP contribution in [0.1, 0.15) is 26.7 Å². The van der Waals surface area contributed by atoms with Gasteiger partial charge >= 0.3 is 0 Å². The van der Waals surface area contributed by atoms with Crippen molar-refractivity contribution in [3.63, 3.8) is 0 Å². The summed E-state index contributed by atoms with van der Waals surface area (Å²) in [7, 11) is -1.28. The minimum absolute atomic E-state index is 0.0300. The van der Waals surface area contributed by atoms with Crippen molar-refractivity contribution in [3.8, 4) is 0 Å². The molecule has 8 nitrogen and oxygen atoms in total. The highest BCUT2D eigenvalue weighted by atomic mass is 32.2. The molecule has 0 bridgehead atoms. The second kappa shape index (κ2) is 9.34. The maximum absolute atomic E-state index is 11.6. The van der Waals surface area contributed by atoms with Crippen LogP contribution in [0.5, 0.6) is 0 Å². The van der Waals surface area contributed by atoms with Gasteiger partial charge in [0.05, 0.1) is 19.5 Å². The molecule has 0 aromatic carbocycles. The molecule has 0 atom stereocenters. The SMILES string of the molecule is CN=C(NCC1CCN(S(C)(=O)=O)CC1)NCC(C)(C)N1CCOCC1. The van der Waals surface area contributed by atoms with Crippen molar-refractivity contribution in [2.45, 2.75) is 32.2 Å². The molecule has 2 aliphatic heterocycles. The maximum atomic E-state index is 11.6. The van der Waals surface area contributed by atoms with E-state index >= 15 is 0 Å². The molecule has 0 unspecified atom stereocenters. The van der Waals surface area contributed by atoms with E-state index in [4.69, 9.17) is 4.74 Å². The number of guanidine groups is 1. The lowest BCUT2D eigenvalue weighted by atomic mass is 9.98. The van der Waals surface area contributed by atoms with Gasteiger partial charge in [-0.2, -0.15) is 0 Å². The topological polar surface area (TPSA) is 86.3 Å². The summed E-state index contributed by atoms with van der Waals surface area (Å²) in [6, 6.07) is 0. The zero-order chi connectivity index (χ0) is 19.2. The molecule has 0 aromatic rings. The molecule has 0 aromatic heterocycles. The highest BCUT2D eigenvalue weighted by molar-refractivity contribution is 7.88. The monoisotopic (exact) mass is 389 g/mol. The number of rotatable bonds is 6. The molecular weight excluding hydrogens is 354 g/mol. The molecule has 0 amide bonds. The average Bonchev–Trinajstić information content (AvgIpc) is 2.62. The summed E-state index contributed by atoms with van der Waals surface area (Å²) in [6.07, 6.45) is 3.06. The first-order valence-electron chi connectivity index (χ1n) is 9.45. The zero-order valence-electron chi connectivity index (χ0n) is 16.6. The van der Waals surface area contributed by atoms with E-state index < -0.39 is 10.0 Å². The fraction of sp³-hybridized carbons (Fsp3) is 0.941. The minimum atomic E-state index is -3.06. The third-order valence-electron chi connectivity index (χ3n) is 5.38. The Balaban J connectivity index is 1.73. The van der Waals surface area contributed by atoms with Crippen LogP contribution >= 0.6 is 0 Å². The highest BCUT2D eigenvalue weighted by Gasteiger charge is 2.28. The standard InChI is InChI=1S/C17H35N5O3S/c1-17(2,21-9-11-25-12-10-21)14-20-16(18-3)19-13-15-5-7-22(8-6-15)26(4,23)24/h15H,5-14H2,1-4H3,(H2,18,19,20). The van der Waals surface area contributed by atoms with E-state index in [0.717, 1.165) is 58.2 Å². The third-order valence-corrected chi connectivity index (χ3v) is 6.68. The number of piperidine rings is 1. The summed E-state index contributed by atoms with van der Waals surface area (Å²) < 4.78 is 30.2. The Hall–Kier alpha value is -0.900. The number of hydrogen-bond acceptors (Lipinski definition) is 5. The lowest BCUT2D eigenvalue weighted by Gasteiger charge is -2.41. The molecule has 2 fully saturated rings. The quantitative estimate of drug-likeness (QED) is 0.489. The second-order valence-electron chi connectivity index (χ2n) is 7.82. The number of morpholine rings is 1. The summed E-state index contributed by atoms with van der Waals surface area (Å²) in [5.74, 6) is 1.27. The van der Waals surface area contributed by atoms with Crippen LogP contribution in [-0.4, -0.2) is 94.9 Å². The van der Waals surface area contributed by atoms with Crippen LogP contribution in [-0.2, 0) is 14.8 Å². The van der Waals surface area contributed by atoms with Gasteiger partial charge < -0.3 is 15.4 Å². The summed E-state index contributed by atoms with van der Waals surface area (Å²) in [6.45, 7) is 10.8. The van der Waals surface area contributed by atoms with Crippen LogP contribution in [0.2, 0.25) is 0 Å². The number of nitrogens with zero attached hydrogens (tertiary/aromatic N) is 3. The Labute approximate surface area is 158 Å². The molecule has 0 saturated carbocycles. The summed E-state index contributed by atoms with van der Waals surface area (Å²) in [5.41, 5.74) is 0.0300. The molecule has 26 heavy (non-hydrogen) atoms. The van der Waals surface area contributed by atoms with Gasteiger partial charge in [0.15, 0.2) is 5.96 Å². The lowest BCUT2D eigenvalue weighted by molar-refractivity contribution is -0.00834. The van der Waals surface area contributed by atoms with Gasteiger partial charge in [-0.15, -0.1) is 0 Å². The molecule has 152 valence electrons. The number of nitrogens with one attached hydrogen (secondary N) is 2. The molecule has 0 radical (unpaired) electrons. The largest absolute Gasteiger partial charge is 0.379 e. The van der Waals surface area contributed by atoms with Crippen molar-refractivity contribution in [2.24, 2.45) is 10.9 Å². The van der Waals surface area contributed by atoms with Crippen LogP contribution in [0.4, 0.5) is 0 Å². The van der Waals surface area contributed by atoms with Crippen molar-refractivity contribution in [2.75, 3.05) is 65.8 Å². The molecule has 2 N–H and O–H groups in total. The summed E-state index contributed by atoms with van der Waals surface area (Å²) in [5, 5.41) is 6.83. The molecular formula is C17H35N5O3S. The van der Waals surface area contributed by atoms with Gasteiger partial charge in [-0.3, -0.25) is 9.89 Å². The number of ether oxygens (including phenoxy) is 1. The van der Waals surface area contributed by atoms with E-state index in [1.54, 1.807) is 11.4 Å². The van der Waals surface area contributed by atoms with E-state index in [2.05, 4.69) is 34.4 Å². The molecule has 2 rings (SSSR count). The molecule has 2 saturated heterocycles. The van der Waals surface area contributed by atoms with E-state index in [9.17, 15) is 8.42 Å². The Kier molecular flexibility index (Phi) is 7.69. The van der Waals surface area contributed by atoms with Gasteiger partial charge in [0.2, 0.25) is 10.0 Å². The van der Waals surface area contributed by atoms with Gasteiger partial charge in [-0.05, 0) is 32.6 Å². The predicted octanol–water partition coefficient (Wildman–Crippen LogP) is -0.0662. The first-order chi connectivity index (χ1) is 12.2. The van der Waals surface area contributed by atoms with Crippen LogP contribution < -0.4 is 10.6 Å². The normalized spacial score (nSPS) is 22.4. The van der Waals surface area contributed by atoms with Crippen molar-refractivity contribution in [3.05, 3.63) is 0 Å². The van der Waals surface area contributed by atoms with Gasteiger partial charge in [-0.25, -0.2) is 12.7 Å². The van der Waals surface area contributed by atoms with Crippen LogP contribution in [0.3, 0.4) is 0 Å². The summed E-state index contributed by atoms with van der Waals surface area (Å²) >= 11 is 0. The predicted molar refractivity (Wildman–Crippen MR) is 105 cm³/mol. The molecule has 0 spiro atoms. The van der Waals surface area contributed by atoms with Gasteiger partial charge in [0.1, 0.15) is 0 Å². The number of hydrogen-bond donors (Lipinski definition) is 2. The van der Waals surface area contributed by atoms with Gasteiger partial charge in [-0.1, -0.05) is 0 Å². The highest BCUT2D eigenvalue weighted by Crippen LogP contribution is 2.18. The second-order valence-corrected chi connectivity index (χ2v) is 9.81. The Bertz CT molecular complexity index is 565. The van der Waals surface area contributed by atoms with Crippen LogP contribution in [0.25, 0.3) is 0 Å². The lowest BCUT2D eigenvalue weighted by Crippen LogP contribution is -2.56. The van der Waals surface area contributed by atoms with Crippen molar-refractivity contribution in [1.29, 1.82) is 0 Å². The average molecular weight is 390 g/mol. The molecule has 2 heterocycles. The van der Waals surface area contributed by atoms with Crippen molar-refractivity contribution in [1.82, 2.24) is 19.8 Å². The molecule has 2 aliphatic rings. The first kappa shape index (κ1) is 21.4. The van der Waals surface area contributed by atoms with E-state index in [1.807, 2.05) is 0 Å². The fourth-order valence-corrected chi connectivity index (χ4v) is 4.36. The molecule has 0 aliphatic carbocycles. The zero-order valence-corrected chi connectivity index (χ0v) is 17.4. The first-order valence-corrected chi connectivity index (χ1v) is 11.3. The van der Waals surface area contributed by atoms with Crippen molar-refractivity contribution >= 4 is 16.0 Å². The smallest absolute Gasteiger partial charge is 0.211 e. The van der Waals surface area contributed by atoms with Crippen molar-refractivity contribution < 1.29 is 13.2 Å². The van der Waals surface area contributed by atoms with Crippen LogP contribution in [0, 0.1) is 5.92 Å². The van der Waals surface area contributed by atoms with Gasteiger partial charge in [0.25, 0.3) is 0 Å². The molecule has 9 heteroatoms. The van der Waals surface area contributed by atoms with E-state index in [1.165, 1.54) is 6.26 Å². The Morgan fingerprint density at radius 1 is 1.15 bits per heavy atom. The van der Waals surface area contributed by atoms with E-state index in [0.29, 0.717) is 19.0 Å². The minimum Gasteiger partial charge on any atom is -0.379 e. The number of sulfonamides is 1. The Morgan fingerprint density at radius 3 is 2.31 bits per heavy atom.